The van der Waals surface area contributed by atoms with E-state index in [2.05, 4.69) is 4.72 Å². The van der Waals surface area contributed by atoms with Crippen molar-refractivity contribution in [1.29, 1.82) is 0 Å². The third kappa shape index (κ3) is 4.27. The smallest absolute Gasteiger partial charge is 0.254 e. The monoisotopic (exact) mass is 328 g/mol. The molecule has 0 aromatic heterocycles. The van der Waals surface area contributed by atoms with Crippen molar-refractivity contribution >= 4 is 15.9 Å². The first-order valence-electron chi connectivity index (χ1n) is 7.29. The third-order valence-electron chi connectivity index (χ3n) is 3.89. The topological polar surface area (TPSA) is 66.5 Å². The van der Waals surface area contributed by atoms with E-state index in [1.165, 1.54) is 6.07 Å². The molecule has 1 amide bonds. The molecule has 1 aromatic rings. The number of aryl methyl sites for hydroxylation is 1. The van der Waals surface area contributed by atoms with Crippen LogP contribution >= 0.6 is 0 Å². The van der Waals surface area contributed by atoms with Crippen LogP contribution in [0.5, 0.6) is 0 Å². The lowest BCUT2D eigenvalue weighted by Crippen LogP contribution is -2.49. The highest BCUT2D eigenvalue weighted by atomic mass is 32.2. The lowest BCUT2D eigenvalue weighted by Gasteiger charge is -2.35. The van der Waals surface area contributed by atoms with E-state index in [-0.39, 0.29) is 18.5 Å². The molecule has 0 spiro atoms. The fraction of sp³-hybridized carbons (Fsp3) is 0.533. The van der Waals surface area contributed by atoms with E-state index in [1.807, 2.05) is 0 Å². The summed E-state index contributed by atoms with van der Waals surface area (Å²) in [5.41, 5.74) is 0.792. The number of carbonyl (C=O) groups is 1. The van der Waals surface area contributed by atoms with Crippen molar-refractivity contribution in [3.05, 3.63) is 35.1 Å². The zero-order valence-electron chi connectivity index (χ0n) is 12.8. The number of hydrogen-bond acceptors (Lipinski definition) is 3. The second-order valence-electron chi connectivity index (χ2n) is 5.73. The maximum atomic E-state index is 13.6. The quantitative estimate of drug-likeness (QED) is 0.914. The number of piperidine rings is 1. The van der Waals surface area contributed by atoms with E-state index in [4.69, 9.17) is 0 Å². The number of likely N-dealkylation sites (tertiary alicyclic amines) is 1. The maximum Gasteiger partial charge on any atom is 0.254 e. The van der Waals surface area contributed by atoms with Crippen LogP contribution in [0.3, 0.4) is 0 Å². The van der Waals surface area contributed by atoms with Crippen LogP contribution in [-0.4, -0.2) is 44.6 Å². The molecule has 1 fully saturated rings. The van der Waals surface area contributed by atoms with Crippen LogP contribution in [0, 0.1) is 12.7 Å². The molecule has 1 unspecified atom stereocenters. The molecule has 5 nitrogen and oxygen atoms in total. The Morgan fingerprint density at radius 1 is 1.41 bits per heavy atom. The molecule has 0 saturated carbocycles. The highest BCUT2D eigenvalue weighted by molar-refractivity contribution is 7.88. The summed E-state index contributed by atoms with van der Waals surface area (Å²) in [6, 6.07) is 4.24. The Labute approximate surface area is 130 Å². The summed E-state index contributed by atoms with van der Waals surface area (Å²) in [6.07, 6.45) is 3.65. The molecule has 0 bridgehead atoms. The molecule has 22 heavy (non-hydrogen) atoms. The van der Waals surface area contributed by atoms with Crippen LogP contribution in [-0.2, 0) is 10.0 Å². The van der Waals surface area contributed by atoms with E-state index in [9.17, 15) is 17.6 Å². The number of halogens is 1. The van der Waals surface area contributed by atoms with E-state index >= 15 is 0 Å². The van der Waals surface area contributed by atoms with E-state index in [1.54, 1.807) is 24.0 Å². The van der Waals surface area contributed by atoms with Crippen molar-refractivity contribution in [2.45, 2.75) is 32.2 Å². The summed E-state index contributed by atoms with van der Waals surface area (Å²) in [6.45, 7) is 2.40. The minimum Gasteiger partial charge on any atom is -0.334 e. The van der Waals surface area contributed by atoms with Crippen LogP contribution in [0.15, 0.2) is 18.2 Å². The molecule has 2 rings (SSSR count). The van der Waals surface area contributed by atoms with Gasteiger partial charge in [0.1, 0.15) is 5.82 Å². The largest absolute Gasteiger partial charge is 0.334 e. The summed E-state index contributed by atoms with van der Waals surface area (Å²) in [4.78, 5) is 14.2. The molecule has 1 heterocycles. The van der Waals surface area contributed by atoms with Gasteiger partial charge in [-0.25, -0.2) is 17.5 Å². The second kappa shape index (κ2) is 6.75. The number of rotatable bonds is 4. The van der Waals surface area contributed by atoms with Crippen molar-refractivity contribution < 1.29 is 17.6 Å². The molecule has 7 heteroatoms. The highest BCUT2D eigenvalue weighted by Crippen LogP contribution is 2.20. The number of sulfonamides is 1. The van der Waals surface area contributed by atoms with Gasteiger partial charge in [0, 0.05) is 24.7 Å². The first kappa shape index (κ1) is 16.9. The minimum atomic E-state index is -3.30. The van der Waals surface area contributed by atoms with Crippen molar-refractivity contribution in [2.24, 2.45) is 0 Å². The lowest BCUT2D eigenvalue weighted by molar-refractivity contribution is 0.0618. The molecular weight excluding hydrogens is 307 g/mol. The summed E-state index contributed by atoms with van der Waals surface area (Å²) in [7, 11) is -3.30. The van der Waals surface area contributed by atoms with Gasteiger partial charge >= 0.3 is 0 Å². The molecule has 0 radical (unpaired) electrons. The third-order valence-corrected chi connectivity index (χ3v) is 4.58. The molecule has 1 N–H and O–H groups in total. The molecule has 1 aliphatic heterocycles. The normalized spacial score (nSPS) is 19.2. The van der Waals surface area contributed by atoms with Gasteiger partial charge in [-0.05, 0) is 43.9 Å². The van der Waals surface area contributed by atoms with Crippen LogP contribution in [0.1, 0.15) is 35.2 Å². The lowest BCUT2D eigenvalue weighted by atomic mass is 10.0. The van der Waals surface area contributed by atoms with Crippen molar-refractivity contribution in [3.63, 3.8) is 0 Å². The molecule has 1 saturated heterocycles. The second-order valence-corrected chi connectivity index (χ2v) is 7.57. The van der Waals surface area contributed by atoms with Gasteiger partial charge in [-0.1, -0.05) is 6.07 Å². The first-order valence-corrected chi connectivity index (χ1v) is 9.19. The average molecular weight is 328 g/mol. The number of carbonyl (C=O) groups excluding carboxylic acids is 1. The Morgan fingerprint density at radius 2 is 2.14 bits per heavy atom. The van der Waals surface area contributed by atoms with E-state index in [0.29, 0.717) is 17.7 Å². The van der Waals surface area contributed by atoms with E-state index in [0.717, 1.165) is 25.5 Å². The maximum absolute atomic E-state index is 13.6. The predicted octanol–water partition coefficient (Wildman–Crippen LogP) is 1.68. The number of amides is 1. The van der Waals surface area contributed by atoms with Gasteiger partial charge in [-0.15, -0.1) is 0 Å². The van der Waals surface area contributed by atoms with Gasteiger partial charge in [-0.2, -0.15) is 0 Å². The van der Waals surface area contributed by atoms with Gasteiger partial charge in [0.15, 0.2) is 0 Å². The van der Waals surface area contributed by atoms with Crippen LogP contribution in [0.4, 0.5) is 4.39 Å². The SMILES string of the molecule is Cc1ccc(C(=O)N2CCCCC2CNS(C)(=O)=O)cc1F. The van der Waals surface area contributed by atoms with Crippen molar-refractivity contribution in [1.82, 2.24) is 9.62 Å². The zero-order chi connectivity index (χ0) is 16.3. The summed E-state index contributed by atoms with van der Waals surface area (Å²) in [5.74, 6) is -0.660. The number of benzene rings is 1. The zero-order valence-corrected chi connectivity index (χ0v) is 13.6. The Bertz CT molecular complexity index is 661. The number of hydrogen-bond donors (Lipinski definition) is 1. The first-order chi connectivity index (χ1) is 10.3. The van der Waals surface area contributed by atoms with Gasteiger partial charge in [0.05, 0.1) is 6.26 Å². The number of nitrogens with zero attached hydrogens (tertiary/aromatic N) is 1. The fourth-order valence-corrected chi connectivity index (χ4v) is 3.11. The Kier molecular flexibility index (Phi) is 5.18. The van der Waals surface area contributed by atoms with Gasteiger partial charge < -0.3 is 4.90 Å². The molecular formula is C15H21FN2O3S. The Hall–Kier alpha value is -1.47. The highest BCUT2D eigenvalue weighted by Gasteiger charge is 2.28. The summed E-state index contributed by atoms with van der Waals surface area (Å²) >= 11 is 0. The Balaban J connectivity index is 2.15. The Morgan fingerprint density at radius 3 is 2.77 bits per heavy atom. The van der Waals surface area contributed by atoms with Crippen LogP contribution in [0.25, 0.3) is 0 Å². The van der Waals surface area contributed by atoms with Crippen LogP contribution < -0.4 is 4.72 Å². The predicted molar refractivity (Wildman–Crippen MR) is 82.7 cm³/mol. The molecule has 1 atom stereocenters. The standard InChI is InChI=1S/C15H21FN2O3S/c1-11-6-7-12(9-14(11)16)15(19)18-8-4-3-5-13(18)10-17-22(2,20)21/h6-7,9,13,17H,3-5,8,10H2,1-2H3. The molecule has 0 aliphatic carbocycles. The van der Waals surface area contributed by atoms with Crippen LogP contribution in [0.2, 0.25) is 0 Å². The minimum absolute atomic E-state index is 0.193. The van der Waals surface area contributed by atoms with Crippen molar-refractivity contribution in [3.8, 4) is 0 Å². The van der Waals surface area contributed by atoms with Gasteiger partial charge in [0.25, 0.3) is 5.91 Å². The van der Waals surface area contributed by atoms with Gasteiger partial charge in [0.2, 0.25) is 10.0 Å². The average Bonchev–Trinajstić information content (AvgIpc) is 2.47. The summed E-state index contributed by atoms with van der Waals surface area (Å²) < 4.78 is 38.6. The molecule has 1 aromatic carbocycles. The molecule has 122 valence electrons. The molecule has 1 aliphatic rings. The summed E-state index contributed by atoms with van der Waals surface area (Å²) in [5, 5.41) is 0. The van der Waals surface area contributed by atoms with E-state index < -0.39 is 15.8 Å². The fourth-order valence-electron chi connectivity index (χ4n) is 2.62. The number of nitrogens with one attached hydrogen (secondary N) is 1. The van der Waals surface area contributed by atoms with Gasteiger partial charge in [-0.3, -0.25) is 4.79 Å². The van der Waals surface area contributed by atoms with Crippen molar-refractivity contribution in [2.75, 3.05) is 19.3 Å².